The largest absolute Gasteiger partial charge is 0.464 e. The summed E-state index contributed by atoms with van der Waals surface area (Å²) in [5.74, 6) is -1.85. The SMILES string of the molecule is COC(=O)C(F)(F)SOOF. The summed E-state index contributed by atoms with van der Waals surface area (Å²) in [6.45, 7) is 0. The molecule has 0 saturated heterocycles. The van der Waals surface area contributed by atoms with Gasteiger partial charge >= 0.3 is 11.2 Å². The molecule has 0 N–H and O–H groups in total. The quantitative estimate of drug-likeness (QED) is 0.290. The first-order valence-corrected chi connectivity index (χ1v) is 2.88. The number of esters is 1. The summed E-state index contributed by atoms with van der Waals surface area (Å²) >= 11 is -0.794. The van der Waals surface area contributed by atoms with E-state index in [1.165, 1.54) is 0 Å². The normalized spacial score (nSPS) is 11.3. The number of alkyl halides is 2. The smallest absolute Gasteiger partial charge is 0.415 e. The van der Waals surface area contributed by atoms with Crippen molar-refractivity contribution in [3.05, 3.63) is 0 Å². The highest BCUT2D eigenvalue weighted by Crippen LogP contribution is 2.30. The third kappa shape index (κ3) is 3.44. The predicted octanol–water partition coefficient (Wildman–Crippen LogP) is 1.23. The Hall–Kier alpha value is -0.470. The zero-order valence-corrected chi connectivity index (χ0v) is 5.99. The van der Waals surface area contributed by atoms with Crippen molar-refractivity contribution < 1.29 is 32.3 Å². The Morgan fingerprint density at radius 3 is 2.45 bits per heavy atom. The van der Waals surface area contributed by atoms with E-state index in [0.717, 1.165) is 7.11 Å². The van der Waals surface area contributed by atoms with Gasteiger partial charge in [0.1, 0.15) is 12.0 Å². The van der Waals surface area contributed by atoms with Gasteiger partial charge in [0.2, 0.25) is 0 Å². The molecule has 0 heterocycles. The minimum absolute atomic E-state index is 0.757. The Balaban J connectivity index is 3.88. The zero-order valence-electron chi connectivity index (χ0n) is 5.18. The van der Waals surface area contributed by atoms with Crippen LogP contribution < -0.4 is 0 Å². The maximum absolute atomic E-state index is 12.1. The van der Waals surface area contributed by atoms with Crippen molar-refractivity contribution in [2.75, 3.05) is 7.11 Å². The van der Waals surface area contributed by atoms with E-state index in [0.29, 0.717) is 0 Å². The molecule has 0 rings (SSSR count). The van der Waals surface area contributed by atoms with E-state index < -0.39 is 23.3 Å². The minimum atomic E-state index is -3.97. The molecule has 0 saturated carbocycles. The van der Waals surface area contributed by atoms with Crippen LogP contribution in [0, 0.1) is 0 Å². The lowest BCUT2D eigenvalue weighted by Crippen LogP contribution is -2.25. The average molecular weight is 192 g/mol. The second-order valence-electron chi connectivity index (χ2n) is 1.22. The summed E-state index contributed by atoms with van der Waals surface area (Å²) in [6, 6.07) is 0. The van der Waals surface area contributed by atoms with E-state index in [-0.39, 0.29) is 0 Å². The summed E-state index contributed by atoms with van der Waals surface area (Å²) in [5, 5.41) is -1.62. The van der Waals surface area contributed by atoms with Gasteiger partial charge in [0.15, 0.2) is 0 Å². The highest BCUT2D eigenvalue weighted by Gasteiger charge is 2.43. The van der Waals surface area contributed by atoms with Crippen LogP contribution in [0.2, 0.25) is 0 Å². The fourth-order valence-electron chi connectivity index (χ4n) is 0.208. The first-order chi connectivity index (χ1) is 5.04. The number of methoxy groups -OCH3 is 1. The number of carbonyl (C=O) groups is 1. The predicted molar refractivity (Wildman–Crippen MR) is 27.8 cm³/mol. The topological polar surface area (TPSA) is 44.8 Å². The first kappa shape index (κ1) is 10.5. The third-order valence-electron chi connectivity index (χ3n) is 0.587. The molecule has 0 atom stereocenters. The lowest BCUT2D eigenvalue weighted by atomic mass is 10.7. The van der Waals surface area contributed by atoms with Crippen LogP contribution in [0.1, 0.15) is 0 Å². The van der Waals surface area contributed by atoms with E-state index >= 15 is 0 Å². The maximum Gasteiger partial charge on any atom is 0.415 e. The molecular weight excluding hydrogens is 189 g/mol. The molecule has 0 amide bonds. The van der Waals surface area contributed by atoms with Gasteiger partial charge in [0.05, 0.1) is 7.11 Å². The fraction of sp³-hybridized carbons (Fsp3) is 0.667. The van der Waals surface area contributed by atoms with Gasteiger partial charge < -0.3 is 4.74 Å². The number of hydrogen-bond acceptors (Lipinski definition) is 5. The molecular formula is C3H3F3O4S. The molecule has 0 aliphatic carbocycles. The number of hydrogen-bond donors (Lipinski definition) is 0. The monoisotopic (exact) mass is 192 g/mol. The second kappa shape index (κ2) is 4.42. The van der Waals surface area contributed by atoms with Crippen LogP contribution in [0.15, 0.2) is 0 Å². The average Bonchev–Trinajstić information content (AvgIpc) is 1.99. The molecule has 0 aromatic heterocycles. The van der Waals surface area contributed by atoms with Crippen molar-refractivity contribution in [3.63, 3.8) is 0 Å². The van der Waals surface area contributed by atoms with Gasteiger partial charge in [-0.15, -0.1) is 4.33 Å². The maximum atomic E-state index is 12.1. The molecule has 0 spiro atoms. The van der Waals surface area contributed by atoms with Crippen molar-refractivity contribution in [1.29, 1.82) is 0 Å². The van der Waals surface area contributed by atoms with Gasteiger partial charge in [0, 0.05) is 0 Å². The summed E-state index contributed by atoms with van der Waals surface area (Å²) in [5.41, 5.74) is 0. The zero-order chi connectivity index (χ0) is 8.91. The van der Waals surface area contributed by atoms with Crippen LogP contribution in [-0.4, -0.2) is 18.3 Å². The van der Waals surface area contributed by atoms with Crippen molar-refractivity contribution in [3.8, 4) is 0 Å². The van der Waals surface area contributed by atoms with E-state index in [4.69, 9.17) is 0 Å². The number of carbonyl (C=O) groups excluding carboxylic acids is 1. The highest BCUT2D eigenvalue weighted by atomic mass is 32.2. The molecule has 0 radical (unpaired) electrons. The Labute approximate surface area is 63.6 Å². The van der Waals surface area contributed by atoms with Crippen molar-refractivity contribution in [2.45, 2.75) is 5.25 Å². The lowest BCUT2D eigenvalue weighted by Gasteiger charge is -2.08. The summed E-state index contributed by atoms with van der Waals surface area (Å²) < 4.78 is 41.7. The fourth-order valence-corrected chi connectivity index (χ4v) is 0.471. The molecule has 0 aliphatic heterocycles. The van der Waals surface area contributed by atoms with Crippen LogP contribution in [0.5, 0.6) is 0 Å². The van der Waals surface area contributed by atoms with Crippen LogP contribution in [0.25, 0.3) is 0 Å². The molecule has 4 nitrogen and oxygen atoms in total. The number of halogens is 3. The van der Waals surface area contributed by atoms with Crippen LogP contribution in [0.4, 0.5) is 13.3 Å². The van der Waals surface area contributed by atoms with Gasteiger partial charge in [-0.3, -0.25) is 0 Å². The van der Waals surface area contributed by atoms with Gasteiger partial charge in [-0.1, -0.05) is 0 Å². The molecule has 0 bridgehead atoms. The van der Waals surface area contributed by atoms with Crippen LogP contribution >= 0.6 is 12.0 Å². The van der Waals surface area contributed by atoms with Crippen molar-refractivity contribution >= 4 is 18.0 Å². The first-order valence-electron chi connectivity index (χ1n) is 2.14. The van der Waals surface area contributed by atoms with Crippen molar-refractivity contribution in [2.24, 2.45) is 0 Å². The molecule has 66 valence electrons. The Bertz CT molecular complexity index is 141. The van der Waals surface area contributed by atoms with Crippen LogP contribution in [0.3, 0.4) is 0 Å². The van der Waals surface area contributed by atoms with E-state index in [1.54, 1.807) is 0 Å². The van der Waals surface area contributed by atoms with Crippen LogP contribution in [-0.2, 0) is 19.0 Å². The molecule has 0 unspecified atom stereocenters. The standard InChI is InChI=1S/C3H3F3O4S/c1-8-2(7)3(4,5)11-10-9-6/h1H3. The Morgan fingerprint density at radius 1 is 1.55 bits per heavy atom. The molecule has 0 aromatic carbocycles. The second-order valence-corrected chi connectivity index (χ2v) is 2.04. The van der Waals surface area contributed by atoms with Crippen molar-refractivity contribution in [1.82, 2.24) is 0 Å². The Kier molecular flexibility index (Phi) is 4.23. The third-order valence-corrected chi connectivity index (χ3v) is 1.08. The number of ether oxygens (including phenoxy) is 1. The molecule has 11 heavy (non-hydrogen) atoms. The molecule has 0 aromatic rings. The molecule has 0 fully saturated rings. The molecule has 0 aliphatic rings. The highest BCUT2D eigenvalue weighted by molar-refractivity contribution is 7.96. The number of rotatable bonds is 4. The van der Waals surface area contributed by atoms with E-state index in [1.807, 2.05) is 0 Å². The summed E-state index contributed by atoms with van der Waals surface area (Å²) in [4.78, 5) is 10.1. The lowest BCUT2D eigenvalue weighted by molar-refractivity contribution is -0.360. The Morgan fingerprint density at radius 2 is 2.09 bits per heavy atom. The van der Waals surface area contributed by atoms with Gasteiger partial charge in [0.25, 0.3) is 0 Å². The van der Waals surface area contributed by atoms with E-state index in [2.05, 4.69) is 14.2 Å². The molecule has 8 heteroatoms. The van der Waals surface area contributed by atoms with E-state index in [9.17, 15) is 18.1 Å². The summed E-state index contributed by atoms with van der Waals surface area (Å²) in [7, 11) is 0.757. The minimum Gasteiger partial charge on any atom is -0.464 e. The summed E-state index contributed by atoms with van der Waals surface area (Å²) in [6.07, 6.45) is 0. The van der Waals surface area contributed by atoms with Gasteiger partial charge in [-0.05, 0) is 9.62 Å². The van der Waals surface area contributed by atoms with Gasteiger partial charge in [-0.2, -0.15) is 8.78 Å². The van der Waals surface area contributed by atoms with Gasteiger partial charge in [-0.25, -0.2) is 4.79 Å².